The molecule has 0 aliphatic rings. The number of nitrogens with zero attached hydrogens (tertiary/aromatic N) is 2. The van der Waals surface area contributed by atoms with Crippen LogP contribution < -0.4 is 0 Å². The fourth-order valence-electron chi connectivity index (χ4n) is 2.97. The first-order valence-corrected chi connectivity index (χ1v) is 8.95. The Morgan fingerprint density at radius 3 is 2.48 bits per heavy atom. The summed E-state index contributed by atoms with van der Waals surface area (Å²) in [5, 5.41) is 0. The molecule has 3 aromatic rings. The minimum absolute atomic E-state index is 0.134. The van der Waals surface area contributed by atoms with Gasteiger partial charge in [-0.25, -0.2) is 0 Å². The third-order valence-corrected chi connectivity index (χ3v) is 4.72. The van der Waals surface area contributed by atoms with Crippen molar-refractivity contribution in [3.8, 4) is 0 Å². The molecule has 25 heavy (non-hydrogen) atoms. The van der Waals surface area contributed by atoms with Crippen molar-refractivity contribution in [2.45, 2.75) is 26.2 Å². The molecule has 126 valence electrons. The van der Waals surface area contributed by atoms with Crippen molar-refractivity contribution in [2.75, 3.05) is 0 Å². The standard InChI is InChI=1S/C21H19BrN2O/c1-14-4-3-10-24-21(14)20(17-5-7-18(22)8-6-17)19(25)13-16-9-11-23-15(2)12-16/h3-12,20H,13H2,1-2H3. The SMILES string of the molecule is Cc1cc(CC(=O)C(c2ccc(Br)cc2)c2ncccc2C)ccn1. The molecule has 0 fully saturated rings. The first-order valence-electron chi connectivity index (χ1n) is 8.16. The average Bonchev–Trinajstić information content (AvgIpc) is 2.58. The van der Waals surface area contributed by atoms with E-state index < -0.39 is 0 Å². The van der Waals surface area contributed by atoms with Crippen molar-refractivity contribution in [3.05, 3.63) is 93.5 Å². The van der Waals surface area contributed by atoms with Gasteiger partial charge in [-0.15, -0.1) is 0 Å². The molecular formula is C21H19BrN2O. The molecule has 0 aliphatic heterocycles. The molecule has 0 saturated heterocycles. The maximum atomic E-state index is 13.2. The van der Waals surface area contributed by atoms with E-state index in [-0.39, 0.29) is 11.7 Å². The van der Waals surface area contributed by atoms with Crippen LogP contribution >= 0.6 is 15.9 Å². The van der Waals surface area contributed by atoms with Gasteiger partial charge in [-0.1, -0.05) is 34.1 Å². The maximum absolute atomic E-state index is 13.2. The van der Waals surface area contributed by atoms with Crippen molar-refractivity contribution >= 4 is 21.7 Å². The van der Waals surface area contributed by atoms with Crippen LogP contribution in [0.25, 0.3) is 0 Å². The lowest BCUT2D eigenvalue weighted by Crippen LogP contribution is -2.19. The van der Waals surface area contributed by atoms with Crippen LogP contribution in [0.5, 0.6) is 0 Å². The first kappa shape index (κ1) is 17.5. The number of aryl methyl sites for hydroxylation is 2. The van der Waals surface area contributed by atoms with Gasteiger partial charge in [0.15, 0.2) is 5.78 Å². The van der Waals surface area contributed by atoms with Crippen LogP contribution in [0.1, 0.15) is 34.0 Å². The number of carbonyl (C=O) groups excluding carboxylic acids is 1. The number of ketones is 1. The molecule has 0 radical (unpaired) electrons. The molecule has 3 rings (SSSR count). The highest BCUT2D eigenvalue weighted by atomic mass is 79.9. The smallest absolute Gasteiger partial charge is 0.150 e. The Hall–Kier alpha value is -2.33. The molecule has 1 atom stereocenters. The van der Waals surface area contributed by atoms with Crippen molar-refractivity contribution in [3.63, 3.8) is 0 Å². The van der Waals surface area contributed by atoms with Gasteiger partial charge in [-0.3, -0.25) is 14.8 Å². The van der Waals surface area contributed by atoms with Gasteiger partial charge >= 0.3 is 0 Å². The predicted molar refractivity (Wildman–Crippen MR) is 103 cm³/mol. The van der Waals surface area contributed by atoms with E-state index in [0.717, 1.165) is 32.6 Å². The summed E-state index contributed by atoms with van der Waals surface area (Å²) in [6.07, 6.45) is 3.86. The van der Waals surface area contributed by atoms with Gasteiger partial charge in [0.1, 0.15) is 0 Å². The fraction of sp³-hybridized carbons (Fsp3) is 0.190. The number of Topliss-reactive ketones (excluding diaryl/α,β-unsaturated/α-hetero) is 1. The van der Waals surface area contributed by atoms with Gasteiger partial charge in [0.2, 0.25) is 0 Å². The molecule has 2 heterocycles. The Balaban J connectivity index is 2.00. The lowest BCUT2D eigenvalue weighted by atomic mass is 9.86. The predicted octanol–water partition coefficient (Wildman–Crippen LogP) is 4.80. The van der Waals surface area contributed by atoms with Crippen LogP contribution in [0.4, 0.5) is 0 Å². The molecule has 2 aromatic heterocycles. The van der Waals surface area contributed by atoms with E-state index in [2.05, 4.69) is 25.9 Å². The summed E-state index contributed by atoms with van der Waals surface area (Å²) in [5.41, 5.74) is 4.70. The molecule has 1 aromatic carbocycles. The minimum Gasteiger partial charge on any atom is -0.298 e. The van der Waals surface area contributed by atoms with Gasteiger partial charge in [-0.2, -0.15) is 0 Å². The summed E-state index contributed by atoms with van der Waals surface area (Å²) < 4.78 is 0.991. The van der Waals surface area contributed by atoms with Crippen molar-refractivity contribution in [1.29, 1.82) is 0 Å². The second-order valence-electron chi connectivity index (χ2n) is 6.14. The van der Waals surface area contributed by atoms with Crippen molar-refractivity contribution in [1.82, 2.24) is 9.97 Å². The van der Waals surface area contributed by atoms with Gasteiger partial charge in [0.05, 0.1) is 11.6 Å². The molecule has 4 heteroatoms. The Morgan fingerprint density at radius 2 is 1.80 bits per heavy atom. The highest BCUT2D eigenvalue weighted by Crippen LogP contribution is 2.29. The van der Waals surface area contributed by atoms with E-state index in [1.807, 2.05) is 62.4 Å². The molecule has 0 amide bonds. The zero-order valence-corrected chi connectivity index (χ0v) is 15.8. The molecule has 0 bridgehead atoms. The van der Waals surface area contributed by atoms with Gasteiger partial charge in [-0.05, 0) is 60.9 Å². The van der Waals surface area contributed by atoms with Crippen LogP contribution in [0, 0.1) is 13.8 Å². The highest BCUT2D eigenvalue weighted by Gasteiger charge is 2.25. The molecule has 0 N–H and O–H groups in total. The maximum Gasteiger partial charge on any atom is 0.150 e. The second-order valence-corrected chi connectivity index (χ2v) is 7.05. The largest absolute Gasteiger partial charge is 0.298 e. The molecule has 0 aliphatic carbocycles. The molecule has 1 unspecified atom stereocenters. The number of pyridine rings is 2. The van der Waals surface area contributed by atoms with E-state index in [0.29, 0.717) is 6.42 Å². The average molecular weight is 395 g/mol. The monoisotopic (exact) mass is 394 g/mol. The molecule has 0 spiro atoms. The number of benzene rings is 1. The first-order chi connectivity index (χ1) is 12.0. The summed E-state index contributed by atoms with van der Waals surface area (Å²) >= 11 is 3.46. The van der Waals surface area contributed by atoms with Crippen molar-refractivity contribution in [2.24, 2.45) is 0 Å². The fourth-order valence-corrected chi connectivity index (χ4v) is 3.23. The third-order valence-electron chi connectivity index (χ3n) is 4.19. The van der Waals surface area contributed by atoms with E-state index in [1.54, 1.807) is 12.4 Å². The van der Waals surface area contributed by atoms with E-state index >= 15 is 0 Å². The zero-order chi connectivity index (χ0) is 17.8. The third kappa shape index (κ3) is 4.20. The summed E-state index contributed by atoms with van der Waals surface area (Å²) in [5.74, 6) is -0.238. The van der Waals surface area contributed by atoms with Crippen LogP contribution in [-0.2, 0) is 11.2 Å². The lowest BCUT2D eigenvalue weighted by Gasteiger charge is -2.18. The van der Waals surface area contributed by atoms with Crippen molar-refractivity contribution < 1.29 is 4.79 Å². The summed E-state index contributed by atoms with van der Waals surface area (Å²) in [6.45, 7) is 3.93. The Bertz CT molecular complexity index is 890. The van der Waals surface area contributed by atoms with E-state index in [4.69, 9.17) is 0 Å². The quantitative estimate of drug-likeness (QED) is 0.623. The van der Waals surface area contributed by atoms with Crippen LogP contribution in [0.2, 0.25) is 0 Å². The number of halogens is 1. The van der Waals surface area contributed by atoms with Crippen LogP contribution in [-0.4, -0.2) is 15.8 Å². The normalized spacial score (nSPS) is 12.0. The number of rotatable bonds is 5. The lowest BCUT2D eigenvalue weighted by molar-refractivity contribution is -0.119. The topological polar surface area (TPSA) is 42.9 Å². The number of carbonyl (C=O) groups is 1. The van der Waals surface area contributed by atoms with E-state index in [9.17, 15) is 4.79 Å². The zero-order valence-electron chi connectivity index (χ0n) is 14.2. The van der Waals surface area contributed by atoms with Gasteiger partial charge in [0, 0.05) is 29.0 Å². The van der Waals surface area contributed by atoms with Gasteiger partial charge in [0.25, 0.3) is 0 Å². The second kappa shape index (κ2) is 7.70. The van der Waals surface area contributed by atoms with E-state index in [1.165, 1.54) is 0 Å². The highest BCUT2D eigenvalue weighted by molar-refractivity contribution is 9.10. The summed E-state index contributed by atoms with van der Waals surface area (Å²) in [6, 6.07) is 15.6. The van der Waals surface area contributed by atoms with Gasteiger partial charge < -0.3 is 0 Å². The molecule has 3 nitrogen and oxygen atoms in total. The minimum atomic E-state index is -0.372. The number of aromatic nitrogens is 2. The Morgan fingerprint density at radius 1 is 1.04 bits per heavy atom. The molecule has 0 saturated carbocycles. The van der Waals surface area contributed by atoms with Crippen LogP contribution in [0.15, 0.2) is 65.4 Å². The summed E-state index contributed by atoms with van der Waals surface area (Å²) in [7, 11) is 0. The summed E-state index contributed by atoms with van der Waals surface area (Å²) in [4.78, 5) is 21.9. The van der Waals surface area contributed by atoms with Crippen LogP contribution in [0.3, 0.4) is 0 Å². The molecular weight excluding hydrogens is 376 g/mol. The Labute approximate surface area is 156 Å². The Kier molecular flexibility index (Phi) is 5.39. The number of hydrogen-bond donors (Lipinski definition) is 0. The number of hydrogen-bond acceptors (Lipinski definition) is 3.